The van der Waals surface area contributed by atoms with Crippen molar-refractivity contribution in [2.75, 3.05) is 6.54 Å². The van der Waals surface area contributed by atoms with Crippen LogP contribution in [0, 0.1) is 5.92 Å². The van der Waals surface area contributed by atoms with Crippen molar-refractivity contribution in [2.24, 2.45) is 5.92 Å². The Morgan fingerprint density at radius 1 is 1.20 bits per heavy atom. The Kier molecular flexibility index (Phi) is 4.45. The molecule has 2 saturated carbocycles. The molecule has 6 heteroatoms. The van der Waals surface area contributed by atoms with Crippen molar-refractivity contribution in [3.8, 4) is 0 Å². The van der Waals surface area contributed by atoms with Gasteiger partial charge in [0.25, 0.3) is 0 Å². The van der Waals surface area contributed by atoms with Gasteiger partial charge in [0, 0.05) is 24.0 Å². The van der Waals surface area contributed by atoms with Gasteiger partial charge in [-0.3, -0.25) is 0 Å². The second-order valence-corrected chi connectivity index (χ2v) is 9.02. The molecule has 112 valence electrons. The highest BCUT2D eigenvalue weighted by atomic mass is 32.2. The van der Waals surface area contributed by atoms with E-state index in [2.05, 4.69) is 10.0 Å². The normalized spacial score (nSPS) is 19.4. The highest BCUT2D eigenvalue weighted by Crippen LogP contribution is 2.33. The quantitative estimate of drug-likeness (QED) is 0.688. The van der Waals surface area contributed by atoms with Crippen molar-refractivity contribution >= 4 is 21.4 Å². The molecule has 0 aliphatic heterocycles. The molecule has 0 spiro atoms. The number of thiophene rings is 1. The number of hydrogen-bond acceptors (Lipinski definition) is 4. The molecule has 20 heavy (non-hydrogen) atoms. The lowest BCUT2D eigenvalue weighted by Crippen LogP contribution is -2.24. The summed E-state index contributed by atoms with van der Waals surface area (Å²) in [5.74, 6) is 0.862. The molecular formula is C14H22N2O2S2. The number of rotatable bonds is 9. The molecule has 2 aliphatic rings. The fourth-order valence-corrected chi connectivity index (χ4v) is 4.63. The van der Waals surface area contributed by atoms with Crippen LogP contribution in [0.25, 0.3) is 0 Å². The average Bonchev–Trinajstić information content (AvgIpc) is 3.33. The molecule has 1 aromatic heterocycles. The molecule has 3 rings (SSSR count). The van der Waals surface area contributed by atoms with Crippen LogP contribution in [-0.4, -0.2) is 21.0 Å². The summed E-state index contributed by atoms with van der Waals surface area (Å²) in [6, 6.07) is 4.29. The van der Waals surface area contributed by atoms with Crippen LogP contribution in [0.4, 0.5) is 0 Å². The van der Waals surface area contributed by atoms with Crippen LogP contribution < -0.4 is 10.0 Å². The minimum atomic E-state index is -3.30. The van der Waals surface area contributed by atoms with Crippen LogP contribution in [0.2, 0.25) is 0 Å². The molecule has 0 saturated heterocycles. The SMILES string of the molecule is O=S(=O)(NCCCC1CC1)c1ccc(CNC2CC2)s1. The van der Waals surface area contributed by atoms with Gasteiger partial charge in [0.2, 0.25) is 10.0 Å². The molecule has 0 radical (unpaired) electrons. The van der Waals surface area contributed by atoms with Gasteiger partial charge >= 0.3 is 0 Å². The van der Waals surface area contributed by atoms with E-state index in [-0.39, 0.29) is 0 Å². The summed E-state index contributed by atoms with van der Waals surface area (Å²) in [6.07, 6.45) is 7.26. The first-order valence-electron chi connectivity index (χ1n) is 7.45. The van der Waals surface area contributed by atoms with E-state index >= 15 is 0 Å². The number of nitrogens with one attached hydrogen (secondary N) is 2. The molecule has 0 amide bonds. The molecule has 0 unspecified atom stereocenters. The summed E-state index contributed by atoms with van der Waals surface area (Å²) in [4.78, 5) is 1.09. The van der Waals surface area contributed by atoms with E-state index in [1.54, 1.807) is 6.07 Å². The number of hydrogen-bond donors (Lipinski definition) is 2. The third kappa shape index (κ3) is 4.28. The summed E-state index contributed by atoms with van der Waals surface area (Å²) in [5.41, 5.74) is 0. The zero-order valence-electron chi connectivity index (χ0n) is 11.6. The second-order valence-electron chi connectivity index (χ2n) is 5.86. The van der Waals surface area contributed by atoms with Gasteiger partial charge < -0.3 is 5.32 Å². The van der Waals surface area contributed by atoms with E-state index in [1.165, 1.54) is 37.0 Å². The second kappa shape index (κ2) is 6.13. The summed E-state index contributed by atoms with van der Waals surface area (Å²) < 4.78 is 27.4. The van der Waals surface area contributed by atoms with E-state index in [1.807, 2.05) is 6.07 Å². The van der Waals surface area contributed by atoms with Gasteiger partial charge in [-0.1, -0.05) is 12.8 Å². The van der Waals surface area contributed by atoms with Crippen molar-refractivity contribution in [2.45, 2.75) is 55.3 Å². The molecule has 0 bridgehead atoms. The maximum Gasteiger partial charge on any atom is 0.250 e. The summed E-state index contributed by atoms with van der Waals surface area (Å²) in [6.45, 7) is 1.35. The molecule has 1 aromatic rings. The lowest BCUT2D eigenvalue weighted by Gasteiger charge is -2.04. The van der Waals surface area contributed by atoms with Gasteiger partial charge in [-0.25, -0.2) is 13.1 Å². The first-order chi connectivity index (χ1) is 9.63. The fourth-order valence-electron chi connectivity index (χ4n) is 2.20. The predicted molar refractivity (Wildman–Crippen MR) is 81.3 cm³/mol. The third-order valence-corrected chi connectivity index (χ3v) is 6.86. The number of sulfonamides is 1. The smallest absolute Gasteiger partial charge is 0.250 e. The van der Waals surface area contributed by atoms with Crippen LogP contribution in [0.5, 0.6) is 0 Å². The van der Waals surface area contributed by atoms with E-state index in [9.17, 15) is 8.42 Å². The van der Waals surface area contributed by atoms with Gasteiger partial charge in [0.1, 0.15) is 4.21 Å². The summed E-state index contributed by atoms with van der Waals surface area (Å²) in [7, 11) is -3.30. The maximum absolute atomic E-state index is 12.1. The zero-order valence-corrected chi connectivity index (χ0v) is 13.2. The van der Waals surface area contributed by atoms with Crippen molar-refractivity contribution < 1.29 is 8.42 Å². The standard InChI is InChI=1S/C14H22N2O2S2/c17-20(18,16-9-1-2-11-3-4-11)14-8-7-13(19-14)10-15-12-5-6-12/h7-8,11-12,15-16H,1-6,9-10H2. The Morgan fingerprint density at radius 2 is 2.00 bits per heavy atom. The fraction of sp³-hybridized carbons (Fsp3) is 0.714. The van der Waals surface area contributed by atoms with Crippen LogP contribution in [0.3, 0.4) is 0 Å². The van der Waals surface area contributed by atoms with Gasteiger partial charge in [-0.05, 0) is 43.7 Å². The predicted octanol–water partition coefficient (Wildman–Crippen LogP) is 2.47. The van der Waals surface area contributed by atoms with Crippen LogP contribution in [-0.2, 0) is 16.6 Å². The van der Waals surface area contributed by atoms with E-state index in [4.69, 9.17) is 0 Å². The summed E-state index contributed by atoms with van der Waals surface area (Å²) in [5, 5.41) is 3.40. The van der Waals surface area contributed by atoms with Gasteiger partial charge in [0.15, 0.2) is 0 Å². The Labute approximate surface area is 125 Å². The van der Waals surface area contributed by atoms with Crippen LogP contribution in [0.15, 0.2) is 16.3 Å². The molecule has 0 atom stereocenters. The van der Waals surface area contributed by atoms with Gasteiger partial charge in [-0.2, -0.15) is 0 Å². The van der Waals surface area contributed by atoms with Crippen molar-refractivity contribution in [3.63, 3.8) is 0 Å². The van der Waals surface area contributed by atoms with E-state index in [0.29, 0.717) is 16.8 Å². The molecule has 4 nitrogen and oxygen atoms in total. The minimum absolute atomic E-state index is 0.441. The topological polar surface area (TPSA) is 58.2 Å². The first kappa shape index (κ1) is 14.5. The molecule has 0 aromatic carbocycles. The summed E-state index contributed by atoms with van der Waals surface area (Å²) >= 11 is 1.37. The van der Waals surface area contributed by atoms with E-state index < -0.39 is 10.0 Å². The van der Waals surface area contributed by atoms with Crippen molar-refractivity contribution in [3.05, 3.63) is 17.0 Å². The Balaban J connectivity index is 1.47. The minimum Gasteiger partial charge on any atom is -0.309 e. The average molecular weight is 314 g/mol. The molecule has 2 N–H and O–H groups in total. The first-order valence-corrected chi connectivity index (χ1v) is 9.75. The van der Waals surface area contributed by atoms with Gasteiger partial charge in [0.05, 0.1) is 0 Å². The lowest BCUT2D eigenvalue weighted by molar-refractivity contribution is 0.574. The molecule has 1 heterocycles. The maximum atomic E-state index is 12.1. The van der Waals surface area contributed by atoms with Crippen molar-refractivity contribution in [1.82, 2.24) is 10.0 Å². The molecule has 2 aliphatic carbocycles. The highest BCUT2D eigenvalue weighted by molar-refractivity contribution is 7.91. The largest absolute Gasteiger partial charge is 0.309 e. The van der Waals surface area contributed by atoms with Crippen LogP contribution in [0.1, 0.15) is 43.4 Å². The van der Waals surface area contributed by atoms with E-state index in [0.717, 1.165) is 30.2 Å². The molecule has 2 fully saturated rings. The highest BCUT2D eigenvalue weighted by Gasteiger charge is 2.22. The van der Waals surface area contributed by atoms with Gasteiger partial charge in [-0.15, -0.1) is 11.3 Å². The van der Waals surface area contributed by atoms with Crippen LogP contribution >= 0.6 is 11.3 Å². The molecular weight excluding hydrogens is 292 g/mol. The lowest BCUT2D eigenvalue weighted by atomic mass is 10.2. The Bertz CT molecular complexity index is 545. The third-order valence-electron chi connectivity index (χ3n) is 3.82. The Morgan fingerprint density at radius 3 is 2.70 bits per heavy atom. The zero-order chi connectivity index (χ0) is 14.0. The van der Waals surface area contributed by atoms with Crippen molar-refractivity contribution in [1.29, 1.82) is 0 Å². The monoisotopic (exact) mass is 314 g/mol. The Hall–Kier alpha value is -0.430.